The van der Waals surface area contributed by atoms with E-state index in [2.05, 4.69) is 5.29 Å². The van der Waals surface area contributed by atoms with Crippen LogP contribution in [-0.4, -0.2) is 36.5 Å². The van der Waals surface area contributed by atoms with E-state index < -0.39 is 0 Å². The third kappa shape index (κ3) is 5.47. The van der Waals surface area contributed by atoms with E-state index in [1.165, 1.54) is 5.01 Å². The molecule has 0 spiro atoms. The Bertz CT molecular complexity index is 126. The summed E-state index contributed by atoms with van der Waals surface area (Å²) < 4.78 is 0. The minimum atomic E-state index is 0.0469. The van der Waals surface area contributed by atoms with Crippen LogP contribution in [0.1, 0.15) is 12.8 Å². The Morgan fingerprint density at radius 1 is 1.15 bits per heavy atom. The maximum absolute atomic E-state index is 10.8. The second-order valence-corrected chi connectivity index (χ2v) is 2.57. The minimum absolute atomic E-state index is 0.0469. The molecule has 0 saturated carbocycles. The second-order valence-electron chi connectivity index (χ2n) is 2.57. The van der Waals surface area contributed by atoms with Crippen molar-refractivity contribution in [2.45, 2.75) is 12.8 Å². The van der Waals surface area contributed by atoms with Gasteiger partial charge in [-0.1, -0.05) is 0 Å². The molecule has 0 rings (SSSR count). The van der Waals surface area contributed by atoms with Crippen molar-refractivity contribution < 1.29 is 0 Å². The SMILES string of the molecule is NCCCN(CCCN)N([O-])N=O. The highest BCUT2D eigenvalue weighted by molar-refractivity contribution is 4.56. The lowest BCUT2D eigenvalue weighted by atomic mass is 10.4. The molecular weight excluding hydrogens is 174 g/mol. The quantitative estimate of drug-likeness (QED) is 0.390. The number of nitroso groups, excluding NO2 is 1. The van der Waals surface area contributed by atoms with Crippen LogP contribution in [0.2, 0.25) is 0 Å². The molecule has 0 aliphatic carbocycles. The van der Waals surface area contributed by atoms with Crippen molar-refractivity contribution in [2.24, 2.45) is 16.8 Å². The molecule has 0 atom stereocenters. The van der Waals surface area contributed by atoms with Crippen LogP contribution in [0, 0.1) is 10.1 Å². The van der Waals surface area contributed by atoms with E-state index >= 15 is 0 Å². The molecule has 0 unspecified atom stereocenters. The molecule has 13 heavy (non-hydrogen) atoms. The lowest BCUT2D eigenvalue weighted by molar-refractivity contribution is 0.0210. The van der Waals surface area contributed by atoms with Gasteiger partial charge in [-0.3, -0.25) is 5.28 Å². The number of hydrazine groups is 1. The van der Waals surface area contributed by atoms with E-state index in [1.54, 1.807) is 0 Å². The summed E-state index contributed by atoms with van der Waals surface area (Å²) in [6, 6.07) is 0. The van der Waals surface area contributed by atoms with Crippen LogP contribution in [0.25, 0.3) is 0 Å². The molecule has 0 saturated heterocycles. The van der Waals surface area contributed by atoms with Gasteiger partial charge in [-0.2, -0.15) is 0 Å². The van der Waals surface area contributed by atoms with Crippen molar-refractivity contribution in [3.05, 3.63) is 10.1 Å². The molecule has 0 fully saturated rings. The highest BCUT2D eigenvalue weighted by atomic mass is 16.6. The first-order valence-corrected chi connectivity index (χ1v) is 4.21. The van der Waals surface area contributed by atoms with E-state index in [4.69, 9.17) is 11.5 Å². The van der Waals surface area contributed by atoms with Gasteiger partial charge < -0.3 is 16.7 Å². The first kappa shape index (κ1) is 12.2. The summed E-state index contributed by atoms with van der Waals surface area (Å²) in [4.78, 5) is 9.93. The molecule has 0 aromatic rings. The Hall–Kier alpha value is -0.760. The first-order valence-electron chi connectivity index (χ1n) is 4.21. The van der Waals surface area contributed by atoms with Crippen LogP contribution in [0.15, 0.2) is 5.29 Å². The molecule has 0 aliphatic heterocycles. The van der Waals surface area contributed by atoms with Crippen LogP contribution in [0.4, 0.5) is 0 Å². The average molecular weight is 190 g/mol. The van der Waals surface area contributed by atoms with Gasteiger partial charge in [0.2, 0.25) is 0 Å². The molecule has 0 aliphatic rings. The molecule has 0 aromatic carbocycles. The van der Waals surface area contributed by atoms with Crippen LogP contribution in [0.5, 0.6) is 0 Å². The average Bonchev–Trinajstić information content (AvgIpc) is 2.17. The standard InChI is InChI=1S/C6H16N5O2/c7-3-1-5-10(6-2-4-8)11(13)9-12/h1-8H2/q-1. The van der Waals surface area contributed by atoms with E-state index in [0.717, 1.165) is 0 Å². The largest absolute Gasteiger partial charge is 0.724 e. The maximum Gasteiger partial charge on any atom is 0.0579 e. The zero-order chi connectivity index (χ0) is 10.1. The van der Waals surface area contributed by atoms with Crippen molar-refractivity contribution in [1.82, 2.24) is 10.3 Å². The summed E-state index contributed by atoms with van der Waals surface area (Å²) in [6.07, 6.45) is 1.30. The molecular formula is C6H16N5O2-. The van der Waals surface area contributed by atoms with Crippen molar-refractivity contribution in [1.29, 1.82) is 0 Å². The van der Waals surface area contributed by atoms with E-state index in [0.29, 0.717) is 39.0 Å². The van der Waals surface area contributed by atoms with Gasteiger partial charge in [-0.25, -0.2) is 5.01 Å². The second kappa shape index (κ2) is 7.87. The number of nitrogens with two attached hydrogens (primary N) is 2. The normalized spacial score (nSPS) is 10.5. The zero-order valence-electron chi connectivity index (χ0n) is 7.56. The first-order chi connectivity index (χ1) is 6.26. The summed E-state index contributed by atoms with van der Waals surface area (Å²) in [6.45, 7) is 1.83. The number of nitrogens with zero attached hydrogens (tertiary/aromatic N) is 3. The highest BCUT2D eigenvalue weighted by Crippen LogP contribution is 1.99. The van der Waals surface area contributed by atoms with Crippen molar-refractivity contribution in [3.8, 4) is 0 Å². The lowest BCUT2D eigenvalue weighted by Crippen LogP contribution is -2.37. The van der Waals surface area contributed by atoms with E-state index in [9.17, 15) is 10.1 Å². The Morgan fingerprint density at radius 3 is 1.92 bits per heavy atom. The van der Waals surface area contributed by atoms with Crippen LogP contribution in [0.3, 0.4) is 0 Å². The van der Waals surface area contributed by atoms with Gasteiger partial charge in [0.15, 0.2) is 0 Å². The van der Waals surface area contributed by atoms with Gasteiger partial charge in [0.1, 0.15) is 0 Å². The van der Waals surface area contributed by atoms with Gasteiger partial charge in [0, 0.05) is 13.1 Å². The lowest BCUT2D eigenvalue weighted by Gasteiger charge is -2.33. The highest BCUT2D eigenvalue weighted by Gasteiger charge is 2.04. The molecule has 4 N–H and O–H groups in total. The van der Waals surface area contributed by atoms with Gasteiger partial charge in [0.25, 0.3) is 0 Å². The Balaban J connectivity index is 3.79. The Labute approximate surface area is 77.1 Å². The molecule has 0 radical (unpaired) electrons. The topological polar surface area (TPSA) is 111 Å². The molecule has 7 nitrogen and oxygen atoms in total. The summed E-state index contributed by atoms with van der Waals surface area (Å²) in [7, 11) is 0. The third-order valence-corrected chi connectivity index (χ3v) is 1.55. The summed E-state index contributed by atoms with van der Waals surface area (Å²) in [5.41, 5.74) is 10.5. The van der Waals surface area contributed by atoms with E-state index in [1.807, 2.05) is 0 Å². The van der Waals surface area contributed by atoms with E-state index in [-0.39, 0.29) is 5.28 Å². The van der Waals surface area contributed by atoms with Gasteiger partial charge >= 0.3 is 0 Å². The number of hydrogen-bond acceptors (Lipinski definition) is 6. The molecule has 0 aromatic heterocycles. The predicted molar refractivity (Wildman–Crippen MR) is 49.9 cm³/mol. The van der Waals surface area contributed by atoms with Crippen LogP contribution < -0.4 is 11.5 Å². The summed E-state index contributed by atoms with van der Waals surface area (Å²) in [5.74, 6) is 0. The fraction of sp³-hybridized carbons (Fsp3) is 1.00. The fourth-order valence-electron chi connectivity index (χ4n) is 0.882. The smallest absolute Gasteiger partial charge is 0.0579 e. The molecule has 0 bridgehead atoms. The Morgan fingerprint density at radius 2 is 1.62 bits per heavy atom. The van der Waals surface area contributed by atoms with Crippen molar-refractivity contribution in [2.75, 3.05) is 26.2 Å². The molecule has 0 amide bonds. The Kier molecular flexibility index (Phi) is 7.41. The van der Waals surface area contributed by atoms with Crippen molar-refractivity contribution >= 4 is 0 Å². The summed E-state index contributed by atoms with van der Waals surface area (Å²) in [5, 5.41) is 14.4. The van der Waals surface area contributed by atoms with Crippen LogP contribution in [-0.2, 0) is 0 Å². The van der Waals surface area contributed by atoms with Gasteiger partial charge in [0.05, 0.1) is 5.29 Å². The monoisotopic (exact) mass is 190 g/mol. The molecule has 0 heterocycles. The number of rotatable bonds is 8. The molecule has 7 heteroatoms. The minimum Gasteiger partial charge on any atom is -0.724 e. The zero-order valence-corrected chi connectivity index (χ0v) is 7.56. The number of hydrogen-bond donors (Lipinski definition) is 2. The van der Waals surface area contributed by atoms with Crippen LogP contribution >= 0.6 is 0 Å². The predicted octanol–water partition coefficient (Wildman–Crippen LogP) is -0.618. The van der Waals surface area contributed by atoms with Crippen molar-refractivity contribution in [3.63, 3.8) is 0 Å². The summed E-state index contributed by atoms with van der Waals surface area (Å²) >= 11 is 0. The third-order valence-electron chi connectivity index (χ3n) is 1.55. The maximum atomic E-state index is 10.8. The molecule has 78 valence electrons. The van der Waals surface area contributed by atoms with Gasteiger partial charge in [-0.15, -0.1) is 4.91 Å². The fourth-order valence-corrected chi connectivity index (χ4v) is 0.882. The van der Waals surface area contributed by atoms with Gasteiger partial charge in [-0.05, 0) is 25.9 Å².